The fourth-order valence-electron chi connectivity index (χ4n) is 2.29. The standard InChI is InChI=1S/C17H22O3/c1-4-16(17(13(2)18)14(3)19)10-11-20-12-15-8-6-5-7-9-15/h4-9,16-17H,1,10-12H2,2-3H3. The molecule has 0 radical (unpaired) electrons. The number of Topliss-reactive ketones (excluding diaryl/α,β-unsaturated/α-hetero) is 2. The van der Waals surface area contributed by atoms with Crippen LogP contribution in [-0.2, 0) is 20.9 Å². The summed E-state index contributed by atoms with van der Waals surface area (Å²) < 4.78 is 5.59. The molecular formula is C17H22O3. The van der Waals surface area contributed by atoms with Gasteiger partial charge in [0.2, 0.25) is 0 Å². The van der Waals surface area contributed by atoms with Crippen molar-refractivity contribution in [3.8, 4) is 0 Å². The van der Waals surface area contributed by atoms with Gasteiger partial charge in [0.05, 0.1) is 12.5 Å². The van der Waals surface area contributed by atoms with Crippen LogP contribution < -0.4 is 0 Å². The average Bonchev–Trinajstić information content (AvgIpc) is 2.42. The second kappa shape index (κ2) is 8.43. The topological polar surface area (TPSA) is 43.4 Å². The molecular weight excluding hydrogens is 252 g/mol. The van der Waals surface area contributed by atoms with Crippen molar-refractivity contribution in [3.05, 3.63) is 48.6 Å². The van der Waals surface area contributed by atoms with Crippen LogP contribution in [0.25, 0.3) is 0 Å². The lowest BCUT2D eigenvalue weighted by molar-refractivity contribution is -0.132. The first kappa shape index (κ1) is 16.3. The van der Waals surface area contributed by atoms with Gasteiger partial charge >= 0.3 is 0 Å². The first-order valence-electron chi connectivity index (χ1n) is 6.81. The van der Waals surface area contributed by atoms with Crippen LogP contribution in [0.3, 0.4) is 0 Å². The van der Waals surface area contributed by atoms with E-state index in [0.717, 1.165) is 5.56 Å². The fraction of sp³-hybridized carbons (Fsp3) is 0.412. The molecule has 1 atom stereocenters. The Morgan fingerprint density at radius 3 is 2.30 bits per heavy atom. The second-order valence-electron chi connectivity index (χ2n) is 4.93. The summed E-state index contributed by atoms with van der Waals surface area (Å²) in [5, 5.41) is 0. The number of hydrogen-bond acceptors (Lipinski definition) is 3. The number of ether oxygens (including phenoxy) is 1. The first-order chi connectivity index (χ1) is 9.56. The maximum atomic E-state index is 11.5. The van der Waals surface area contributed by atoms with Crippen LogP contribution in [-0.4, -0.2) is 18.2 Å². The zero-order valence-corrected chi connectivity index (χ0v) is 12.2. The zero-order valence-electron chi connectivity index (χ0n) is 12.2. The van der Waals surface area contributed by atoms with Crippen LogP contribution in [0.5, 0.6) is 0 Å². The number of rotatable bonds is 9. The highest BCUT2D eigenvalue weighted by molar-refractivity contribution is 6.00. The molecule has 0 amide bonds. The van der Waals surface area contributed by atoms with E-state index < -0.39 is 5.92 Å². The molecule has 1 aromatic rings. The lowest BCUT2D eigenvalue weighted by atomic mass is 9.84. The zero-order chi connectivity index (χ0) is 15.0. The van der Waals surface area contributed by atoms with Gasteiger partial charge in [-0.3, -0.25) is 9.59 Å². The lowest BCUT2D eigenvalue weighted by Gasteiger charge is -2.19. The lowest BCUT2D eigenvalue weighted by Crippen LogP contribution is -2.28. The predicted octanol–water partition coefficient (Wildman–Crippen LogP) is 3.19. The van der Waals surface area contributed by atoms with Crippen molar-refractivity contribution in [2.45, 2.75) is 26.9 Å². The van der Waals surface area contributed by atoms with Crippen molar-refractivity contribution in [2.75, 3.05) is 6.61 Å². The number of benzene rings is 1. The second-order valence-corrected chi connectivity index (χ2v) is 4.93. The van der Waals surface area contributed by atoms with Crippen molar-refractivity contribution < 1.29 is 14.3 Å². The molecule has 0 aliphatic heterocycles. The molecule has 3 heteroatoms. The number of carbonyl (C=O) groups excluding carboxylic acids is 2. The van der Waals surface area contributed by atoms with E-state index in [0.29, 0.717) is 19.6 Å². The quantitative estimate of drug-likeness (QED) is 0.394. The van der Waals surface area contributed by atoms with Gasteiger partial charge in [-0.1, -0.05) is 36.4 Å². The van der Waals surface area contributed by atoms with Crippen LogP contribution in [0.15, 0.2) is 43.0 Å². The SMILES string of the molecule is C=CC(CCOCc1ccccc1)C(C(C)=O)C(C)=O. The van der Waals surface area contributed by atoms with Crippen molar-refractivity contribution in [3.63, 3.8) is 0 Å². The maximum Gasteiger partial charge on any atom is 0.140 e. The molecule has 1 unspecified atom stereocenters. The summed E-state index contributed by atoms with van der Waals surface area (Å²) in [5.41, 5.74) is 1.11. The van der Waals surface area contributed by atoms with Crippen molar-refractivity contribution in [1.82, 2.24) is 0 Å². The molecule has 0 N–H and O–H groups in total. The van der Waals surface area contributed by atoms with Gasteiger partial charge < -0.3 is 4.74 Å². The normalized spacial score (nSPS) is 12.2. The van der Waals surface area contributed by atoms with E-state index in [2.05, 4.69) is 6.58 Å². The Labute approximate surface area is 120 Å². The van der Waals surface area contributed by atoms with Crippen molar-refractivity contribution in [1.29, 1.82) is 0 Å². The highest BCUT2D eigenvalue weighted by Gasteiger charge is 2.27. The monoisotopic (exact) mass is 274 g/mol. The molecule has 0 fully saturated rings. The molecule has 0 bridgehead atoms. The van der Waals surface area contributed by atoms with Crippen LogP contribution in [0, 0.1) is 11.8 Å². The molecule has 0 aromatic heterocycles. The summed E-state index contributed by atoms with van der Waals surface area (Å²) in [4.78, 5) is 23.1. The van der Waals surface area contributed by atoms with Crippen LogP contribution >= 0.6 is 0 Å². The molecule has 108 valence electrons. The third-order valence-electron chi connectivity index (χ3n) is 3.31. The molecule has 3 nitrogen and oxygen atoms in total. The Kier molecular flexibility index (Phi) is 6.88. The third-order valence-corrected chi connectivity index (χ3v) is 3.31. The van der Waals surface area contributed by atoms with Crippen LogP contribution in [0.4, 0.5) is 0 Å². The summed E-state index contributed by atoms with van der Waals surface area (Å²) in [6, 6.07) is 9.89. The van der Waals surface area contributed by atoms with E-state index in [1.807, 2.05) is 30.3 Å². The highest BCUT2D eigenvalue weighted by Crippen LogP contribution is 2.20. The van der Waals surface area contributed by atoms with Gasteiger partial charge in [0.1, 0.15) is 11.6 Å². The summed E-state index contributed by atoms with van der Waals surface area (Å²) in [5.74, 6) is -0.954. The molecule has 0 aliphatic carbocycles. The van der Waals surface area contributed by atoms with Gasteiger partial charge in [-0.15, -0.1) is 6.58 Å². The smallest absolute Gasteiger partial charge is 0.140 e. The third kappa shape index (κ3) is 5.10. The van der Waals surface area contributed by atoms with E-state index in [-0.39, 0.29) is 17.5 Å². The largest absolute Gasteiger partial charge is 0.377 e. The summed E-state index contributed by atoms with van der Waals surface area (Å²) in [6.07, 6.45) is 2.31. The summed E-state index contributed by atoms with van der Waals surface area (Å²) >= 11 is 0. The van der Waals surface area contributed by atoms with E-state index in [1.165, 1.54) is 13.8 Å². The number of hydrogen-bond donors (Lipinski definition) is 0. The Bertz CT molecular complexity index is 437. The molecule has 1 rings (SSSR count). The summed E-state index contributed by atoms with van der Waals surface area (Å²) in [7, 11) is 0. The number of carbonyl (C=O) groups is 2. The van der Waals surface area contributed by atoms with Gasteiger partial charge in [0.25, 0.3) is 0 Å². The first-order valence-corrected chi connectivity index (χ1v) is 6.81. The van der Waals surface area contributed by atoms with Gasteiger partial charge in [0.15, 0.2) is 0 Å². The maximum absolute atomic E-state index is 11.5. The van der Waals surface area contributed by atoms with Crippen LogP contribution in [0.2, 0.25) is 0 Å². The fourth-order valence-corrected chi connectivity index (χ4v) is 2.29. The van der Waals surface area contributed by atoms with E-state index in [1.54, 1.807) is 6.08 Å². The highest BCUT2D eigenvalue weighted by atomic mass is 16.5. The van der Waals surface area contributed by atoms with E-state index in [4.69, 9.17) is 4.74 Å². The molecule has 1 aromatic carbocycles. The summed E-state index contributed by atoms with van der Waals surface area (Å²) in [6.45, 7) is 7.67. The Morgan fingerprint density at radius 1 is 1.20 bits per heavy atom. The minimum atomic E-state index is -0.590. The number of ketones is 2. The van der Waals surface area contributed by atoms with Gasteiger partial charge in [-0.2, -0.15) is 0 Å². The number of allylic oxidation sites excluding steroid dienone is 1. The van der Waals surface area contributed by atoms with Crippen molar-refractivity contribution in [2.24, 2.45) is 11.8 Å². The Morgan fingerprint density at radius 2 is 1.80 bits per heavy atom. The molecule has 0 saturated heterocycles. The van der Waals surface area contributed by atoms with Gasteiger partial charge in [-0.05, 0) is 31.7 Å². The Hall–Kier alpha value is -1.74. The molecule has 0 aliphatic rings. The van der Waals surface area contributed by atoms with Gasteiger partial charge in [-0.25, -0.2) is 0 Å². The van der Waals surface area contributed by atoms with E-state index >= 15 is 0 Å². The molecule has 0 saturated carbocycles. The molecule has 0 spiro atoms. The van der Waals surface area contributed by atoms with E-state index in [9.17, 15) is 9.59 Å². The predicted molar refractivity (Wildman–Crippen MR) is 79.3 cm³/mol. The molecule has 0 heterocycles. The minimum Gasteiger partial charge on any atom is -0.377 e. The molecule has 20 heavy (non-hydrogen) atoms. The minimum absolute atomic E-state index is 0.106. The van der Waals surface area contributed by atoms with Crippen LogP contribution in [0.1, 0.15) is 25.8 Å². The Balaban J connectivity index is 2.43. The average molecular weight is 274 g/mol. The van der Waals surface area contributed by atoms with Gasteiger partial charge in [0, 0.05) is 6.61 Å². The van der Waals surface area contributed by atoms with Crippen molar-refractivity contribution >= 4 is 11.6 Å².